The Morgan fingerprint density at radius 2 is 2.21 bits per heavy atom. The molecule has 0 atom stereocenters. The third kappa shape index (κ3) is 2.83. The van der Waals surface area contributed by atoms with E-state index in [9.17, 15) is 4.79 Å². The molecule has 19 heavy (non-hydrogen) atoms. The summed E-state index contributed by atoms with van der Waals surface area (Å²) in [5, 5.41) is 0. The number of nitrogens with zero attached hydrogens (tertiary/aromatic N) is 1. The molecule has 0 amide bonds. The fraction of sp³-hybridized carbons (Fsp3) is 0.533. The maximum atomic E-state index is 11.9. The lowest BCUT2D eigenvalue weighted by molar-refractivity contribution is 0.0601. The lowest BCUT2D eigenvalue weighted by Gasteiger charge is -2.34. The number of rotatable bonds is 5. The number of nitrogen functional groups attached to an aromatic ring is 1. The molecule has 0 saturated heterocycles. The van der Waals surface area contributed by atoms with Crippen molar-refractivity contribution in [2.75, 3.05) is 30.8 Å². The van der Waals surface area contributed by atoms with E-state index in [2.05, 4.69) is 11.8 Å². The van der Waals surface area contributed by atoms with Crippen LogP contribution in [-0.2, 0) is 4.74 Å². The molecule has 1 aliphatic carbocycles. The highest BCUT2D eigenvalue weighted by Gasteiger charge is 2.24. The van der Waals surface area contributed by atoms with Crippen LogP contribution in [-0.4, -0.2) is 26.2 Å². The smallest absolute Gasteiger partial charge is 0.340 e. The van der Waals surface area contributed by atoms with E-state index in [0.29, 0.717) is 11.3 Å². The van der Waals surface area contributed by atoms with Gasteiger partial charge in [0.2, 0.25) is 0 Å². The predicted molar refractivity (Wildman–Crippen MR) is 77.4 cm³/mol. The normalized spacial score (nSPS) is 14.8. The lowest BCUT2D eigenvalue weighted by atomic mass is 9.85. The molecule has 0 spiro atoms. The number of anilines is 2. The summed E-state index contributed by atoms with van der Waals surface area (Å²) in [6.45, 7) is 3.90. The first-order valence-electron chi connectivity index (χ1n) is 6.89. The van der Waals surface area contributed by atoms with Crippen LogP contribution >= 0.6 is 0 Å². The second-order valence-corrected chi connectivity index (χ2v) is 5.07. The van der Waals surface area contributed by atoms with E-state index in [0.717, 1.165) is 24.7 Å². The zero-order valence-corrected chi connectivity index (χ0v) is 11.7. The van der Waals surface area contributed by atoms with E-state index >= 15 is 0 Å². The molecule has 0 radical (unpaired) electrons. The van der Waals surface area contributed by atoms with Crippen LogP contribution < -0.4 is 10.6 Å². The molecule has 2 N–H and O–H groups in total. The molecule has 1 aliphatic rings. The maximum absolute atomic E-state index is 11.9. The van der Waals surface area contributed by atoms with E-state index in [1.807, 2.05) is 6.07 Å². The molecule has 4 heteroatoms. The van der Waals surface area contributed by atoms with E-state index in [1.165, 1.54) is 26.4 Å². The minimum Gasteiger partial charge on any atom is -0.465 e. The van der Waals surface area contributed by atoms with Crippen LogP contribution in [0.5, 0.6) is 0 Å². The molecule has 0 bridgehead atoms. The number of carbonyl (C=O) groups is 1. The van der Waals surface area contributed by atoms with Crippen molar-refractivity contribution in [1.82, 2.24) is 0 Å². The van der Waals surface area contributed by atoms with Gasteiger partial charge in [0.05, 0.1) is 24.0 Å². The number of nitrogens with two attached hydrogens (primary N) is 1. The molecule has 0 heterocycles. The highest BCUT2D eigenvalue weighted by Crippen LogP contribution is 2.33. The minimum absolute atomic E-state index is 0.325. The summed E-state index contributed by atoms with van der Waals surface area (Å²) < 4.78 is 4.85. The van der Waals surface area contributed by atoms with Crippen molar-refractivity contribution in [2.45, 2.75) is 26.2 Å². The van der Waals surface area contributed by atoms with Crippen molar-refractivity contribution in [2.24, 2.45) is 5.92 Å². The maximum Gasteiger partial charge on any atom is 0.340 e. The van der Waals surface area contributed by atoms with E-state index in [4.69, 9.17) is 10.5 Å². The standard InChI is InChI=1S/C15H22N2O2/c1-3-17(10-11-6-4-7-11)14-12(15(18)19-2)8-5-9-13(14)16/h5,8-9,11H,3-4,6-7,10,16H2,1-2H3. The largest absolute Gasteiger partial charge is 0.465 e. The number of benzene rings is 1. The van der Waals surface area contributed by atoms with Crippen LogP contribution in [0.4, 0.5) is 11.4 Å². The van der Waals surface area contributed by atoms with Crippen molar-refractivity contribution in [3.63, 3.8) is 0 Å². The fourth-order valence-corrected chi connectivity index (χ4v) is 2.55. The molecule has 1 saturated carbocycles. The van der Waals surface area contributed by atoms with Crippen molar-refractivity contribution in [3.8, 4) is 0 Å². The first-order valence-corrected chi connectivity index (χ1v) is 6.89. The zero-order chi connectivity index (χ0) is 13.8. The van der Waals surface area contributed by atoms with Crippen LogP contribution in [0.25, 0.3) is 0 Å². The van der Waals surface area contributed by atoms with Gasteiger partial charge in [-0.25, -0.2) is 4.79 Å². The second kappa shape index (κ2) is 5.95. The predicted octanol–water partition coefficient (Wildman–Crippen LogP) is 2.68. The van der Waals surface area contributed by atoms with Gasteiger partial charge in [0, 0.05) is 13.1 Å². The average Bonchev–Trinajstić information content (AvgIpc) is 2.37. The average molecular weight is 262 g/mol. The number of methoxy groups -OCH3 is 1. The van der Waals surface area contributed by atoms with Crippen LogP contribution in [0.3, 0.4) is 0 Å². The van der Waals surface area contributed by atoms with E-state index < -0.39 is 0 Å². The number of para-hydroxylation sites is 1. The van der Waals surface area contributed by atoms with Gasteiger partial charge in [-0.2, -0.15) is 0 Å². The summed E-state index contributed by atoms with van der Waals surface area (Å²) >= 11 is 0. The first kappa shape index (κ1) is 13.7. The summed E-state index contributed by atoms with van der Waals surface area (Å²) in [5.41, 5.74) is 8.10. The van der Waals surface area contributed by atoms with Gasteiger partial charge in [0.1, 0.15) is 0 Å². The summed E-state index contributed by atoms with van der Waals surface area (Å²) in [6.07, 6.45) is 3.87. The molecule has 104 valence electrons. The van der Waals surface area contributed by atoms with Gasteiger partial charge in [-0.05, 0) is 37.8 Å². The molecular formula is C15H22N2O2. The monoisotopic (exact) mass is 262 g/mol. The Morgan fingerprint density at radius 1 is 1.47 bits per heavy atom. The third-order valence-electron chi connectivity index (χ3n) is 3.87. The summed E-state index contributed by atoms with van der Waals surface area (Å²) in [4.78, 5) is 14.1. The van der Waals surface area contributed by atoms with Crippen LogP contribution in [0.1, 0.15) is 36.5 Å². The van der Waals surface area contributed by atoms with Gasteiger partial charge in [-0.1, -0.05) is 12.5 Å². The first-order chi connectivity index (χ1) is 9.17. The molecule has 1 aromatic carbocycles. The Balaban J connectivity index is 2.31. The molecule has 1 aromatic rings. The second-order valence-electron chi connectivity index (χ2n) is 5.07. The Labute approximate surface area is 114 Å². The van der Waals surface area contributed by atoms with Gasteiger partial charge in [-0.15, -0.1) is 0 Å². The molecule has 2 rings (SSSR count). The van der Waals surface area contributed by atoms with E-state index in [-0.39, 0.29) is 5.97 Å². The van der Waals surface area contributed by atoms with Crippen molar-refractivity contribution < 1.29 is 9.53 Å². The highest BCUT2D eigenvalue weighted by molar-refractivity contribution is 5.99. The topological polar surface area (TPSA) is 55.6 Å². The Kier molecular flexibility index (Phi) is 4.30. The van der Waals surface area contributed by atoms with Crippen molar-refractivity contribution in [3.05, 3.63) is 23.8 Å². The van der Waals surface area contributed by atoms with Crippen LogP contribution in [0, 0.1) is 5.92 Å². The highest BCUT2D eigenvalue weighted by atomic mass is 16.5. The number of hydrogen-bond donors (Lipinski definition) is 1. The number of carbonyl (C=O) groups excluding carboxylic acids is 1. The number of esters is 1. The SMILES string of the molecule is CCN(CC1CCC1)c1c(N)cccc1C(=O)OC. The summed E-state index contributed by atoms with van der Waals surface area (Å²) in [6, 6.07) is 5.41. The molecule has 1 fully saturated rings. The molecule has 0 unspecified atom stereocenters. The number of hydrogen-bond acceptors (Lipinski definition) is 4. The van der Waals surface area contributed by atoms with Gasteiger partial charge >= 0.3 is 5.97 Å². The quantitative estimate of drug-likeness (QED) is 0.654. The summed E-state index contributed by atoms with van der Waals surface area (Å²) in [7, 11) is 1.40. The van der Waals surface area contributed by atoms with Gasteiger partial charge in [0.25, 0.3) is 0 Å². The Bertz CT molecular complexity index is 455. The fourth-order valence-electron chi connectivity index (χ4n) is 2.55. The van der Waals surface area contributed by atoms with Gasteiger partial charge in [0.15, 0.2) is 0 Å². The molecule has 0 aliphatic heterocycles. The molecule has 0 aromatic heterocycles. The van der Waals surface area contributed by atoms with Gasteiger partial charge in [-0.3, -0.25) is 0 Å². The molecular weight excluding hydrogens is 240 g/mol. The van der Waals surface area contributed by atoms with Crippen LogP contribution in [0.15, 0.2) is 18.2 Å². The summed E-state index contributed by atoms with van der Waals surface area (Å²) in [5.74, 6) is 0.402. The van der Waals surface area contributed by atoms with Crippen molar-refractivity contribution in [1.29, 1.82) is 0 Å². The number of ether oxygens (including phenoxy) is 1. The molecule has 4 nitrogen and oxygen atoms in total. The Hall–Kier alpha value is -1.71. The Morgan fingerprint density at radius 3 is 2.74 bits per heavy atom. The minimum atomic E-state index is -0.325. The van der Waals surface area contributed by atoms with Crippen molar-refractivity contribution >= 4 is 17.3 Å². The lowest BCUT2D eigenvalue weighted by Crippen LogP contribution is -2.34. The van der Waals surface area contributed by atoms with Crippen LogP contribution in [0.2, 0.25) is 0 Å². The zero-order valence-electron chi connectivity index (χ0n) is 11.7. The third-order valence-corrected chi connectivity index (χ3v) is 3.87. The van der Waals surface area contributed by atoms with Gasteiger partial charge < -0.3 is 15.4 Å². The van der Waals surface area contributed by atoms with E-state index in [1.54, 1.807) is 12.1 Å².